The Balaban J connectivity index is 1.71. The molecule has 1 heterocycles. The Morgan fingerprint density at radius 1 is 0.964 bits per heavy atom. The molecule has 6 nitrogen and oxygen atoms in total. The summed E-state index contributed by atoms with van der Waals surface area (Å²) in [6.45, 7) is 0. The second-order valence-corrected chi connectivity index (χ2v) is 8.25. The number of ketones is 2. The Bertz CT molecular complexity index is 830. The summed E-state index contributed by atoms with van der Waals surface area (Å²) < 4.78 is 0. The lowest BCUT2D eigenvalue weighted by Gasteiger charge is -2.09. The predicted octanol–water partition coefficient (Wildman–Crippen LogP) is 4.47. The van der Waals surface area contributed by atoms with Crippen LogP contribution in [0.25, 0.3) is 0 Å². The first-order valence-corrected chi connectivity index (χ1v) is 10.4. The average Bonchev–Trinajstić information content (AvgIpc) is 3.20. The Hall–Kier alpha value is -2.45. The van der Waals surface area contributed by atoms with Crippen molar-refractivity contribution in [2.45, 2.75) is 30.6 Å². The molecular weight excluding hydrogens is 396 g/mol. The van der Waals surface area contributed by atoms with Crippen LogP contribution in [0.5, 0.6) is 0 Å². The third-order valence-electron chi connectivity index (χ3n) is 3.77. The van der Waals surface area contributed by atoms with Crippen LogP contribution in [0.4, 0.5) is 10.5 Å². The number of benzene rings is 1. The van der Waals surface area contributed by atoms with Crippen LogP contribution in [-0.4, -0.2) is 41.7 Å². The summed E-state index contributed by atoms with van der Waals surface area (Å²) >= 11 is 2.46. The van der Waals surface area contributed by atoms with Crippen LogP contribution in [0.1, 0.15) is 35.4 Å². The van der Waals surface area contributed by atoms with Gasteiger partial charge in [0, 0.05) is 50.4 Å². The molecule has 0 saturated heterocycles. The van der Waals surface area contributed by atoms with Gasteiger partial charge in [0.05, 0.1) is 4.88 Å². The highest BCUT2D eigenvalue weighted by Crippen LogP contribution is 2.22. The highest BCUT2D eigenvalue weighted by atomic mass is 32.2. The first-order chi connectivity index (χ1) is 13.3. The number of amides is 2. The molecule has 0 fully saturated rings. The molecule has 0 unspecified atom stereocenters. The minimum atomic E-state index is -0.261. The predicted molar refractivity (Wildman–Crippen MR) is 112 cm³/mol. The molecule has 2 amide bonds. The first kappa shape index (κ1) is 21.8. The van der Waals surface area contributed by atoms with E-state index in [1.54, 1.807) is 50.5 Å². The van der Waals surface area contributed by atoms with E-state index in [2.05, 4.69) is 5.32 Å². The fraction of sp³-hybridized carbons (Fsp3) is 0.300. The summed E-state index contributed by atoms with van der Waals surface area (Å²) in [5.74, 6) is -0.407. The van der Waals surface area contributed by atoms with Gasteiger partial charge in [0.2, 0.25) is 5.91 Å². The summed E-state index contributed by atoms with van der Waals surface area (Å²) in [4.78, 5) is 50.4. The number of Topliss-reactive ketones (excluding diaryl/α,β-unsaturated/α-hetero) is 2. The van der Waals surface area contributed by atoms with Gasteiger partial charge in [-0.25, -0.2) is 0 Å². The van der Waals surface area contributed by atoms with E-state index in [0.717, 1.165) is 16.7 Å². The van der Waals surface area contributed by atoms with Crippen molar-refractivity contribution in [2.24, 2.45) is 0 Å². The zero-order valence-corrected chi connectivity index (χ0v) is 17.4. The topological polar surface area (TPSA) is 83.6 Å². The van der Waals surface area contributed by atoms with Crippen molar-refractivity contribution in [2.75, 3.05) is 19.4 Å². The number of hydrogen-bond donors (Lipinski definition) is 1. The van der Waals surface area contributed by atoms with Gasteiger partial charge >= 0.3 is 0 Å². The molecule has 0 spiro atoms. The van der Waals surface area contributed by atoms with Crippen LogP contribution in [0.3, 0.4) is 0 Å². The van der Waals surface area contributed by atoms with Gasteiger partial charge < -0.3 is 10.2 Å². The molecular formula is C20H22N2O4S2. The molecule has 0 atom stereocenters. The summed E-state index contributed by atoms with van der Waals surface area (Å²) in [6, 6.07) is 10.5. The second-order valence-electron chi connectivity index (χ2n) is 6.27. The fourth-order valence-corrected chi connectivity index (χ4v) is 3.56. The number of nitrogens with zero attached hydrogens (tertiary/aromatic N) is 1. The van der Waals surface area contributed by atoms with Crippen molar-refractivity contribution in [3.05, 3.63) is 46.7 Å². The Morgan fingerprint density at radius 2 is 1.64 bits per heavy atom. The maximum atomic E-state index is 12.0. The Kier molecular flexibility index (Phi) is 8.41. The number of hydrogen-bond acceptors (Lipinski definition) is 6. The van der Waals surface area contributed by atoms with E-state index in [9.17, 15) is 19.2 Å². The van der Waals surface area contributed by atoms with Gasteiger partial charge in [-0.2, -0.15) is 0 Å². The maximum Gasteiger partial charge on any atom is 0.285 e. The standard InChI is InChI=1S/C20H22N2O4S2/c1-22(2)20(26)28-16-9-5-14(6-10-16)21-19(25)12-8-15(23)7-11-17(24)18-4-3-13-27-18/h3-6,9-10,13H,7-8,11-12H2,1-2H3,(H,21,25). The van der Waals surface area contributed by atoms with Gasteiger partial charge in [-0.1, -0.05) is 6.07 Å². The van der Waals surface area contributed by atoms with Crippen molar-refractivity contribution in [3.8, 4) is 0 Å². The van der Waals surface area contributed by atoms with Crippen molar-refractivity contribution in [1.29, 1.82) is 0 Å². The van der Waals surface area contributed by atoms with Gasteiger partial charge in [-0.15, -0.1) is 11.3 Å². The van der Waals surface area contributed by atoms with Crippen LogP contribution in [-0.2, 0) is 9.59 Å². The molecule has 28 heavy (non-hydrogen) atoms. The van der Waals surface area contributed by atoms with Crippen LogP contribution < -0.4 is 5.32 Å². The number of rotatable bonds is 9. The summed E-state index contributed by atoms with van der Waals surface area (Å²) in [5.41, 5.74) is 0.604. The van der Waals surface area contributed by atoms with Gasteiger partial charge in [-0.05, 0) is 47.5 Å². The van der Waals surface area contributed by atoms with Gasteiger partial charge in [0.15, 0.2) is 5.78 Å². The third-order valence-corrected chi connectivity index (χ3v) is 5.72. The number of thiophene rings is 1. The lowest BCUT2D eigenvalue weighted by molar-refractivity contribution is -0.122. The molecule has 1 aromatic carbocycles. The Morgan fingerprint density at radius 3 is 2.25 bits per heavy atom. The van der Waals surface area contributed by atoms with Gasteiger partial charge in [-0.3, -0.25) is 19.2 Å². The summed E-state index contributed by atoms with van der Waals surface area (Å²) in [5, 5.41) is 4.47. The van der Waals surface area contributed by atoms with Crippen molar-refractivity contribution >= 4 is 51.5 Å². The van der Waals surface area contributed by atoms with Crippen molar-refractivity contribution in [1.82, 2.24) is 4.90 Å². The normalized spacial score (nSPS) is 10.4. The first-order valence-electron chi connectivity index (χ1n) is 8.72. The molecule has 0 saturated carbocycles. The fourth-order valence-electron chi connectivity index (χ4n) is 2.21. The third kappa shape index (κ3) is 7.28. The number of thioether (sulfide) groups is 1. The van der Waals surface area contributed by atoms with E-state index < -0.39 is 0 Å². The zero-order valence-electron chi connectivity index (χ0n) is 15.8. The molecule has 1 N–H and O–H groups in total. The minimum absolute atomic E-state index is 0.0430. The number of carbonyl (C=O) groups excluding carboxylic acids is 4. The highest BCUT2D eigenvalue weighted by molar-refractivity contribution is 8.13. The minimum Gasteiger partial charge on any atom is -0.339 e. The number of anilines is 1. The number of nitrogens with one attached hydrogen (secondary N) is 1. The molecule has 2 rings (SSSR count). The van der Waals surface area contributed by atoms with Crippen molar-refractivity contribution < 1.29 is 19.2 Å². The molecule has 148 valence electrons. The highest BCUT2D eigenvalue weighted by Gasteiger charge is 2.12. The smallest absolute Gasteiger partial charge is 0.285 e. The molecule has 1 aromatic heterocycles. The van der Waals surface area contributed by atoms with Crippen LogP contribution in [0, 0.1) is 0 Å². The van der Waals surface area contributed by atoms with Crippen LogP contribution in [0.15, 0.2) is 46.7 Å². The number of carbonyl (C=O) groups is 4. The summed E-state index contributed by atoms with van der Waals surface area (Å²) in [7, 11) is 3.37. The average molecular weight is 419 g/mol. The molecule has 2 aromatic rings. The Labute approximate surface area is 172 Å². The lowest BCUT2D eigenvalue weighted by atomic mass is 10.1. The van der Waals surface area contributed by atoms with E-state index in [1.165, 1.54) is 16.2 Å². The lowest BCUT2D eigenvalue weighted by Crippen LogP contribution is -2.16. The van der Waals surface area contributed by atoms with Crippen molar-refractivity contribution in [3.63, 3.8) is 0 Å². The van der Waals surface area contributed by atoms with E-state index in [4.69, 9.17) is 0 Å². The van der Waals surface area contributed by atoms with Crippen LogP contribution >= 0.6 is 23.1 Å². The van der Waals surface area contributed by atoms with E-state index >= 15 is 0 Å². The van der Waals surface area contributed by atoms with E-state index in [-0.39, 0.29) is 48.4 Å². The molecule has 0 aliphatic carbocycles. The van der Waals surface area contributed by atoms with E-state index in [0.29, 0.717) is 10.6 Å². The SMILES string of the molecule is CN(C)C(=O)Sc1ccc(NC(=O)CCC(=O)CCC(=O)c2cccs2)cc1. The molecule has 0 aliphatic rings. The largest absolute Gasteiger partial charge is 0.339 e. The van der Waals surface area contributed by atoms with E-state index in [1.807, 2.05) is 5.38 Å². The molecule has 0 bridgehead atoms. The quantitative estimate of drug-likeness (QED) is 0.480. The molecule has 0 radical (unpaired) electrons. The van der Waals surface area contributed by atoms with Gasteiger partial charge in [0.25, 0.3) is 5.24 Å². The molecule has 0 aliphatic heterocycles. The maximum absolute atomic E-state index is 12.0. The van der Waals surface area contributed by atoms with Crippen LogP contribution in [0.2, 0.25) is 0 Å². The zero-order chi connectivity index (χ0) is 20.5. The monoisotopic (exact) mass is 418 g/mol. The molecule has 8 heteroatoms. The second kappa shape index (κ2) is 10.8. The summed E-state index contributed by atoms with van der Waals surface area (Å²) in [6.07, 6.45) is 0.498. The van der Waals surface area contributed by atoms with Gasteiger partial charge in [0.1, 0.15) is 5.78 Å².